The molecule has 0 atom stereocenters. The molecule has 8 heteroatoms. The highest BCUT2D eigenvalue weighted by Gasteiger charge is 2.18. The van der Waals surface area contributed by atoms with Crippen LogP contribution in [-0.4, -0.2) is 30.2 Å². The zero-order valence-electron chi connectivity index (χ0n) is 18.4. The summed E-state index contributed by atoms with van der Waals surface area (Å²) in [5, 5.41) is 8.35. The van der Waals surface area contributed by atoms with E-state index in [-0.39, 0.29) is 18.3 Å². The molecule has 0 saturated carbocycles. The molecule has 2 aromatic carbocycles. The Bertz CT molecular complexity index is 1470. The van der Waals surface area contributed by atoms with Crippen molar-refractivity contribution in [2.75, 3.05) is 5.32 Å². The van der Waals surface area contributed by atoms with Crippen LogP contribution in [0.4, 0.5) is 10.3 Å². The van der Waals surface area contributed by atoms with Gasteiger partial charge in [0.05, 0.1) is 16.7 Å². The lowest BCUT2D eigenvalue weighted by Gasteiger charge is -2.09. The summed E-state index contributed by atoms with van der Waals surface area (Å²) in [5.74, 6) is -0.000490. The molecule has 0 bridgehead atoms. The van der Waals surface area contributed by atoms with E-state index in [1.54, 1.807) is 23.0 Å². The first-order valence-electron chi connectivity index (χ1n) is 10.9. The summed E-state index contributed by atoms with van der Waals surface area (Å²) in [6, 6.07) is 16.0. The molecule has 3 heterocycles. The third kappa shape index (κ3) is 3.84. The molecule has 166 valence electrons. The Morgan fingerprint density at radius 2 is 1.88 bits per heavy atom. The fourth-order valence-corrected chi connectivity index (χ4v) is 4.18. The van der Waals surface area contributed by atoms with Crippen LogP contribution in [0.3, 0.4) is 0 Å². The maximum atomic E-state index is 13.4. The van der Waals surface area contributed by atoms with Gasteiger partial charge in [-0.2, -0.15) is 5.10 Å². The number of aromatic nitrogens is 5. The molecule has 0 aliphatic rings. The highest BCUT2D eigenvalue weighted by Crippen LogP contribution is 2.30. The predicted octanol–water partition coefficient (Wildman–Crippen LogP) is 4.94. The third-order valence-electron chi connectivity index (χ3n) is 5.61. The smallest absolute Gasteiger partial charge is 0.248 e. The van der Waals surface area contributed by atoms with Crippen LogP contribution in [0.5, 0.6) is 0 Å². The van der Waals surface area contributed by atoms with Gasteiger partial charge in [0.2, 0.25) is 11.9 Å². The van der Waals surface area contributed by atoms with E-state index in [2.05, 4.69) is 27.3 Å². The number of anilines is 1. The monoisotopic (exact) mass is 442 g/mol. The molecule has 1 amide bonds. The molecular formula is C25H23FN6O. The highest BCUT2D eigenvalue weighted by molar-refractivity contribution is 5.96. The van der Waals surface area contributed by atoms with E-state index >= 15 is 0 Å². The average Bonchev–Trinajstić information content (AvgIpc) is 3.32. The van der Waals surface area contributed by atoms with Gasteiger partial charge in [0.15, 0.2) is 5.65 Å². The van der Waals surface area contributed by atoms with Gasteiger partial charge in [0.25, 0.3) is 0 Å². The van der Waals surface area contributed by atoms with Gasteiger partial charge in [0.1, 0.15) is 12.4 Å². The van der Waals surface area contributed by atoms with Gasteiger partial charge in [-0.05, 0) is 54.8 Å². The van der Waals surface area contributed by atoms with Crippen LogP contribution in [-0.2, 0) is 17.9 Å². The summed E-state index contributed by atoms with van der Waals surface area (Å²) < 4.78 is 17.0. The number of aryl methyl sites for hydroxylation is 2. The van der Waals surface area contributed by atoms with E-state index in [4.69, 9.17) is 0 Å². The lowest BCUT2D eigenvalue weighted by molar-refractivity contribution is -0.116. The zero-order chi connectivity index (χ0) is 22.9. The highest BCUT2D eigenvalue weighted by atomic mass is 19.1. The Labute approximate surface area is 189 Å². The molecule has 0 aliphatic carbocycles. The summed E-state index contributed by atoms with van der Waals surface area (Å²) in [6.45, 7) is 4.72. The number of amides is 1. The lowest BCUT2D eigenvalue weighted by atomic mass is 10.0. The van der Waals surface area contributed by atoms with Crippen LogP contribution in [0.25, 0.3) is 33.2 Å². The van der Waals surface area contributed by atoms with Crippen LogP contribution in [0.15, 0.2) is 60.8 Å². The van der Waals surface area contributed by atoms with Crippen molar-refractivity contribution in [1.29, 1.82) is 0 Å². The van der Waals surface area contributed by atoms with Gasteiger partial charge < -0.3 is 4.57 Å². The first-order valence-corrected chi connectivity index (χ1v) is 10.9. The molecule has 33 heavy (non-hydrogen) atoms. The molecule has 0 fully saturated rings. The van der Waals surface area contributed by atoms with Gasteiger partial charge in [0, 0.05) is 18.1 Å². The molecular weight excluding hydrogens is 419 g/mol. The molecule has 1 N–H and O–H groups in total. The number of carbonyl (C=O) groups is 1. The minimum Gasteiger partial charge on any atom is -0.310 e. The van der Waals surface area contributed by atoms with E-state index in [0.717, 1.165) is 46.2 Å². The standard InChI is InChI=1S/C25H23FN6O/c1-3-14-31-21-7-5-4-6-20(21)28-25(31)29-22(33)15-32-24-23(16(2)30-32)19(12-13-27-24)17-8-10-18(26)11-9-17/h4-13H,3,14-15H2,1-2H3,(H,28,29,33). The summed E-state index contributed by atoms with van der Waals surface area (Å²) in [4.78, 5) is 22.0. The summed E-state index contributed by atoms with van der Waals surface area (Å²) >= 11 is 0. The Kier molecular flexibility index (Phi) is 5.34. The van der Waals surface area contributed by atoms with Crippen molar-refractivity contribution in [2.45, 2.75) is 33.4 Å². The number of imidazole rings is 1. The second kappa shape index (κ2) is 8.46. The van der Waals surface area contributed by atoms with Crippen molar-refractivity contribution in [3.8, 4) is 11.1 Å². The summed E-state index contributed by atoms with van der Waals surface area (Å²) in [5.41, 5.74) is 4.95. The number of hydrogen-bond donors (Lipinski definition) is 1. The number of benzene rings is 2. The maximum Gasteiger partial charge on any atom is 0.248 e. The van der Waals surface area contributed by atoms with Gasteiger partial charge in [-0.1, -0.05) is 31.2 Å². The number of pyridine rings is 1. The van der Waals surface area contributed by atoms with Crippen molar-refractivity contribution in [3.63, 3.8) is 0 Å². The number of rotatable bonds is 6. The Morgan fingerprint density at radius 1 is 1.09 bits per heavy atom. The molecule has 0 spiro atoms. The number of hydrogen-bond acceptors (Lipinski definition) is 4. The van der Waals surface area contributed by atoms with E-state index in [0.29, 0.717) is 11.6 Å². The second-order valence-corrected chi connectivity index (χ2v) is 7.93. The number of halogens is 1. The van der Waals surface area contributed by atoms with Gasteiger partial charge in [-0.25, -0.2) is 19.0 Å². The van der Waals surface area contributed by atoms with Crippen LogP contribution in [0.2, 0.25) is 0 Å². The summed E-state index contributed by atoms with van der Waals surface area (Å²) in [6.07, 6.45) is 2.60. The minimum atomic E-state index is -0.290. The van der Waals surface area contributed by atoms with E-state index in [1.165, 1.54) is 12.1 Å². The third-order valence-corrected chi connectivity index (χ3v) is 5.61. The number of para-hydroxylation sites is 2. The van der Waals surface area contributed by atoms with E-state index in [9.17, 15) is 9.18 Å². The van der Waals surface area contributed by atoms with Crippen LogP contribution in [0.1, 0.15) is 19.0 Å². The van der Waals surface area contributed by atoms with Crippen LogP contribution >= 0.6 is 0 Å². The number of carbonyl (C=O) groups excluding carboxylic acids is 1. The minimum absolute atomic E-state index is 0.000455. The van der Waals surface area contributed by atoms with Crippen molar-refractivity contribution in [3.05, 3.63) is 72.3 Å². The lowest BCUT2D eigenvalue weighted by Crippen LogP contribution is -2.22. The quantitative estimate of drug-likeness (QED) is 0.404. The topological polar surface area (TPSA) is 77.6 Å². The van der Waals surface area contributed by atoms with Crippen LogP contribution in [0, 0.1) is 12.7 Å². The van der Waals surface area contributed by atoms with Gasteiger partial charge in [-0.15, -0.1) is 0 Å². The predicted molar refractivity (Wildman–Crippen MR) is 126 cm³/mol. The van der Waals surface area contributed by atoms with Crippen molar-refractivity contribution >= 4 is 33.9 Å². The van der Waals surface area contributed by atoms with Crippen molar-refractivity contribution in [1.82, 2.24) is 24.3 Å². The molecule has 7 nitrogen and oxygen atoms in total. The average molecular weight is 442 g/mol. The molecule has 0 unspecified atom stereocenters. The largest absolute Gasteiger partial charge is 0.310 e. The molecule has 5 aromatic rings. The van der Waals surface area contributed by atoms with Gasteiger partial charge >= 0.3 is 0 Å². The SMILES string of the molecule is CCCn1c(NC(=O)Cn2nc(C)c3c(-c4ccc(F)cc4)ccnc32)nc2ccccc21. The number of fused-ring (bicyclic) bond motifs is 2. The molecule has 5 rings (SSSR count). The number of nitrogens with one attached hydrogen (secondary N) is 1. The Morgan fingerprint density at radius 3 is 2.67 bits per heavy atom. The first kappa shape index (κ1) is 20.8. The fraction of sp³-hybridized carbons (Fsp3) is 0.200. The molecule has 0 radical (unpaired) electrons. The van der Waals surface area contributed by atoms with Gasteiger partial charge in [-0.3, -0.25) is 10.1 Å². The van der Waals surface area contributed by atoms with Crippen molar-refractivity contribution in [2.24, 2.45) is 0 Å². The summed E-state index contributed by atoms with van der Waals surface area (Å²) in [7, 11) is 0. The normalized spacial score (nSPS) is 11.4. The Balaban J connectivity index is 1.46. The number of nitrogens with zero attached hydrogens (tertiary/aromatic N) is 5. The van der Waals surface area contributed by atoms with Crippen LogP contribution < -0.4 is 5.32 Å². The fourth-order valence-electron chi connectivity index (χ4n) is 4.18. The zero-order valence-corrected chi connectivity index (χ0v) is 18.4. The molecule has 0 aliphatic heterocycles. The maximum absolute atomic E-state index is 13.4. The van der Waals surface area contributed by atoms with E-state index in [1.807, 2.05) is 41.8 Å². The second-order valence-electron chi connectivity index (χ2n) is 7.93. The van der Waals surface area contributed by atoms with E-state index < -0.39 is 0 Å². The molecule has 0 saturated heterocycles. The molecule has 3 aromatic heterocycles. The van der Waals surface area contributed by atoms with Crippen molar-refractivity contribution < 1.29 is 9.18 Å². The Hall–Kier alpha value is -4.07. The first-order chi connectivity index (χ1) is 16.0.